The minimum Gasteiger partial charge on any atom is -0.481 e. The normalized spacial score (nSPS) is 16.4. The number of aliphatic carboxylic acids is 1. The van der Waals surface area contributed by atoms with Crippen LogP contribution in [-0.4, -0.2) is 53.6 Å². The van der Waals surface area contributed by atoms with Crippen molar-refractivity contribution in [2.24, 2.45) is 5.92 Å². The van der Waals surface area contributed by atoms with Crippen LogP contribution in [0.5, 0.6) is 0 Å². The van der Waals surface area contributed by atoms with Gasteiger partial charge in [-0.15, -0.1) is 0 Å². The van der Waals surface area contributed by atoms with Gasteiger partial charge >= 0.3 is 12.0 Å². The molecule has 0 unspecified atom stereocenters. The molecular weight excluding hydrogens is 274 g/mol. The summed E-state index contributed by atoms with van der Waals surface area (Å²) in [5.74, 6) is -0.875. The van der Waals surface area contributed by atoms with Crippen molar-refractivity contribution < 1.29 is 19.5 Å². The SMILES string of the molecule is CNC(=O)C1CCN(C(=O)NC(C)(C)CCC(=O)O)CC1. The van der Waals surface area contributed by atoms with Gasteiger partial charge in [-0.05, 0) is 33.1 Å². The molecule has 0 bridgehead atoms. The summed E-state index contributed by atoms with van der Waals surface area (Å²) in [5, 5.41) is 14.2. The number of nitrogens with one attached hydrogen (secondary N) is 2. The Balaban J connectivity index is 2.43. The largest absolute Gasteiger partial charge is 0.481 e. The molecule has 21 heavy (non-hydrogen) atoms. The van der Waals surface area contributed by atoms with E-state index in [0.29, 0.717) is 32.4 Å². The molecule has 1 aliphatic heterocycles. The molecule has 7 heteroatoms. The predicted octanol–water partition coefficient (Wildman–Crippen LogP) is 0.797. The smallest absolute Gasteiger partial charge is 0.317 e. The van der Waals surface area contributed by atoms with Gasteiger partial charge in [-0.2, -0.15) is 0 Å². The van der Waals surface area contributed by atoms with Crippen LogP contribution in [0.4, 0.5) is 4.79 Å². The zero-order valence-electron chi connectivity index (χ0n) is 12.9. The van der Waals surface area contributed by atoms with E-state index in [4.69, 9.17) is 5.11 Å². The fourth-order valence-electron chi connectivity index (χ4n) is 2.40. The number of amides is 3. The quantitative estimate of drug-likeness (QED) is 0.699. The Morgan fingerprint density at radius 1 is 1.24 bits per heavy atom. The lowest BCUT2D eigenvalue weighted by atomic mass is 9.95. The zero-order chi connectivity index (χ0) is 16.0. The Kier molecular flexibility index (Phi) is 5.99. The molecule has 0 atom stereocenters. The number of likely N-dealkylation sites (tertiary alicyclic amines) is 1. The van der Waals surface area contributed by atoms with Crippen LogP contribution in [0, 0.1) is 5.92 Å². The first-order chi connectivity index (χ1) is 9.75. The first-order valence-electron chi connectivity index (χ1n) is 7.25. The summed E-state index contributed by atoms with van der Waals surface area (Å²) in [7, 11) is 1.62. The van der Waals surface area contributed by atoms with Crippen LogP contribution in [0.15, 0.2) is 0 Å². The number of hydrogen-bond acceptors (Lipinski definition) is 3. The minimum absolute atomic E-state index is 0.0199. The van der Waals surface area contributed by atoms with E-state index in [1.807, 2.05) is 13.8 Å². The number of carbonyl (C=O) groups excluding carboxylic acids is 2. The Morgan fingerprint density at radius 2 is 1.81 bits per heavy atom. The summed E-state index contributed by atoms with van der Waals surface area (Å²) in [6.45, 7) is 4.70. The molecule has 1 aliphatic rings. The Hall–Kier alpha value is -1.79. The second-order valence-corrected chi connectivity index (χ2v) is 6.08. The number of carboxylic acid groups (broad SMARTS) is 1. The van der Waals surface area contributed by atoms with Crippen molar-refractivity contribution in [3.05, 3.63) is 0 Å². The van der Waals surface area contributed by atoms with Gasteiger partial charge in [-0.1, -0.05) is 0 Å². The number of carboxylic acids is 1. The number of hydrogen-bond donors (Lipinski definition) is 3. The third-order valence-electron chi connectivity index (χ3n) is 3.81. The van der Waals surface area contributed by atoms with Crippen LogP contribution in [0.2, 0.25) is 0 Å². The van der Waals surface area contributed by atoms with E-state index in [-0.39, 0.29) is 24.3 Å². The molecule has 3 amide bonds. The fourth-order valence-corrected chi connectivity index (χ4v) is 2.40. The van der Waals surface area contributed by atoms with E-state index in [9.17, 15) is 14.4 Å². The molecule has 0 radical (unpaired) electrons. The molecule has 0 aromatic heterocycles. The number of urea groups is 1. The molecule has 1 rings (SSSR count). The van der Waals surface area contributed by atoms with Gasteiger partial charge in [0.15, 0.2) is 0 Å². The molecule has 7 nitrogen and oxygen atoms in total. The van der Waals surface area contributed by atoms with Gasteiger partial charge in [-0.25, -0.2) is 4.79 Å². The van der Waals surface area contributed by atoms with Crippen molar-refractivity contribution in [2.75, 3.05) is 20.1 Å². The molecule has 3 N–H and O–H groups in total. The van der Waals surface area contributed by atoms with Gasteiger partial charge in [0, 0.05) is 38.0 Å². The summed E-state index contributed by atoms with van der Waals surface area (Å²) in [6, 6.07) is -0.194. The van der Waals surface area contributed by atoms with Gasteiger partial charge < -0.3 is 20.6 Å². The lowest BCUT2D eigenvalue weighted by Crippen LogP contribution is -2.52. The van der Waals surface area contributed by atoms with Crippen molar-refractivity contribution in [2.45, 2.75) is 45.1 Å². The van der Waals surface area contributed by atoms with E-state index < -0.39 is 11.5 Å². The minimum atomic E-state index is -0.872. The maximum Gasteiger partial charge on any atom is 0.317 e. The number of rotatable bonds is 5. The summed E-state index contributed by atoms with van der Waals surface area (Å²) in [4.78, 5) is 36.0. The second kappa shape index (κ2) is 7.28. The standard InChI is InChI=1S/C14H25N3O4/c1-14(2,7-4-11(18)19)16-13(21)17-8-5-10(6-9-17)12(20)15-3/h10H,4-9H2,1-3H3,(H,15,20)(H,16,21)(H,18,19). The molecule has 0 aromatic carbocycles. The van der Waals surface area contributed by atoms with Crippen molar-refractivity contribution >= 4 is 17.9 Å². The molecule has 0 aromatic rings. The number of piperidine rings is 1. The highest BCUT2D eigenvalue weighted by Gasteiger charge is 2.29. The van der Waals surface area contributed by atoms with E-state index in [1.165, 1.54) is 0 Å². The molecule has 0 aliphatic carbocycles. The van der Waals surface area contributed by atoms with Gasteiger partial charge in [0.05, 0.1) is 0 Å². The number of carbonyl (C=O) groups is 3. The molecule has 1 saturated heterocycles. The maximum atomic E-state index is 12.2. The topological polar surface area (TPSA) is 98.7 Å². The third kappa shape index (κ3) is 5.61. The molecule has 1 fully saturated rings. The molecule has 120 valence electrons. The zero-order valence-corrected chi connectivity index (χ0v) is 12.9. The van der Waals surface area contributed by atoms with Crippen molar-refractivity contribution in [3.63, 3.8) is 0 Å². The average Bonchev–Trinajstić information content (AvgIpc) is 2.44. The highest BCUT2D eigenvalue weighted by atomic mass is 16.4. The van der Waals surface area contributed by atoms with E-state index >= 15 is 0 Å². The summed E-state index contributed by atoms with van der Waals surface area (Å²) in [5.41, 5.74) is -0.562. The van der Waals surface area contributed by atoms with Crippen LogP contribution >= 0.6 is 0 Å². The summed E-state index contributed by atoms with van der Waals surface area (Å²) < 4.78 is 0. The fraction of sp³-hybridized carbons (Fsp3) is 0.786. The van der Waals surface area contributed by atoms with Crippen molar-refractivity contribution in [3.8, 4) is 0 Å². The Labute approximate surface area is 125 Å². The van der Waals surface area contributed by atoms with E-state index in [0.717, 1.165) is 0 Å². The van der Waals surface area contributed by atoms with Gasteiger partial charge in [-0.3, -0.25) is 9.59 Å². The second-order valence-electron chi connectivity index (χ2n) is 6.08. The molecular formula is C14H25N3O4. The molecule has 0 saturated carbocycles. The van der Waals surface area contributed by atoms with E-state index in [2.05, 4.69) is 10.6 Å². The lowest BCUT2D eigenvalue weighted by Gasteiger charge is -2.34. The average molecular weight is 299 g/mol. The monoisotopic (exact) mass is 299 g/mol. The Morgan fingerprint density at radius 3 is 2.29 bits per heavy atom. The van der Waals surface area contributed by atoms with Crippen molar-refractivity contribution in [1.29, 1.82) is 0 Å². The highest BCUT2D eigenvalue weighted by Crippen LogP contribution is 2.18. The van der Waals surface area contributed by atoms with Crippen LogP contribution in [0.3, 0.4) is 0 Å². The van der Waals surface area contributed by atoms with Crippen LogP contribution in [0.25, 0.3) is 0 Å². The summed E-state index contributed by atoms with van der Waals surface area (Å²) in [6.07, 6.45) is 1.71. The first-order valence-corrected chi connectivity index (χ1v) is 7.25. The number of nitrogens with zero attached hydrogens (tertiary/aromatic N) is 1. The molecule has 0 spiro atoms. The predicted molar refractivity (Wildman–Crippen MR) is 77.8 cm³/mol. The van der Waals surface area contributed by atoms with Gasteiger partial charge in [0.2, 0.25) is 5.91 Å². The maximum absolute atomic E-state index is 12.2. The Bertz CT molecular complexity index is 401. The highest BCUT2D eigenvalue weighted by molar-refractivity contribution is 5.79. The third-order valence-corrected chi connectivity index (χ3v) is 3.81. The van der Waals surface area contributed by atoms with Gasteiger partial charge in [0.1, 0.15) is 0 Å². The van der Waals surface area contributed by atoms with E-state index in [1.54, 1.807) is 11.9 Å². The lowest BCUT2D eigenvalue weighted by molar-refractivity contribution is -0.137. The van der Waals surface area contributed by atoms with Crippen LogP contribution in [-0.2, 0) is 9.59 Å². The van der Waals surface area contributed by atoms with Crippen LogP contribution < -0.4 is 10.6 Å². The van der Waals surface area contributed by atoms with Crippen LogP contribution in [0.1, 0.15) is 39.5 Å². The summed E-state index contributed by atoms with van der Waals surface area (Å²) >= 11 is 0. The molecule has 1 heterocycles. The van der Waals surface area contributed by atoms with Gasteiger partial charge in [0.25, 0.3) is 0 Å². The first kappa shape index (κ1) is 17.3. The van der Waals surface area contributed by atoms with Crippen molar-refractivity contribution in [1.82, 2.24) is 15.5 Å².